The molecule has 6 heteroatoms. The van der Waals surface area contributed by atoms with E-state index in [-0.39, 0.29) is 13.2 Å². The number of unbranched alkanes of at least 4 members (excludes halogenated alkanes) is 3. The van der Waals surface area contributed by atoms with Gasteiger partial charge in [0.25, 0.3) is 0 Å². The van der Waals surface area contributed by atoms with E-state index in [1.807, 2.05) is 29.2 Å². The minimum atomic E-state index is -1.20. The number of likely N-dealkylation sites (tertiary alicyclic amines) is 1. The first-order valence-corrected chi connectivity index (χ1v) is 9.09. The van der Waals surface area contributed by atoms with Gasteiger partial charge in [0.15, 0.2) is 0 Å². The average Bonchev–Trinajstić information content (AvgIpc) is 2.66. The normalized spacial score (nSPS) is 26.2. The van der Waals surface area contributed by atoms with Gasteiger partial charge in [-0.05, 0) is 43.7 Å². The number of hydrogen-bond donors (Lipinski definition) is 4. The predicted molar refractivity (Wildman–Crippen MR) is 98.8 cm³/mol. The van der Waals surface area contributed by atoms with E-state index >= 15 is 0 Å². The molecule has 4 N–H and O–H groups in total. The Morgan fingerprint density at radius 2 is 1.81 bits per heavy atom. The summed E-state index contributed by atoms with van der Waals surface area (Å²) in [7, 11) is 1.64. The van der Waals surface area contributed by atoms with Gasteiger partial charge in [0.2, 0.25) is 0 Å². The summed E-state index contributed by atoms with van der Waals surface area (Å²) in [6.45, 7) is 0.691. The fraction of sp³-hybridized carbons (Fsp3) is 0.600. The standard InChI is InChI=1S/C20H29NO5/c1-26-16-10-8-15(9-11-16)7-5-3-2-4-6-12-21-13-18(23)20(25)19(24)17(21)14-22/h8-11,17-20,22-25H,2-4,6,12-14H2,1H3/t17-,18+,19-,20-/m1/s1. The minimum absolute atomic E-state index is 0.238. The lowest BCUT2D eigenvalue weighted by Crippen LogP contribution is -2.62. The molecule has 1 aliphatic rings. The Kier molecular flexibility index (Phi) is 8.36. The first-order valence-electron chi connectivity index (χ1n) is 9.09. The van der Waals surface area contributed by atoms with Crippen molar-refractivity contribution >= 4 is 0 Å². The molecular weight excluding hydrogens is 334 g/mol. The molecule has 144 valence electrons. The lowest BCUT2D eigenvalue weighted by molar-refractivity contribution is -0.145. The molecule has 0 radical (unpaired) electrons. The topological polar surface area (TPSA) is 93.4 Å². The molecule has 2 rings (SSSR count). The summed E-state index contributed by atoms with van der Waals surface area (Å²) in [4.78, 5) is 1.85. The number of piperidine rings is 1. The summed E-state index contributed by atoms with van der Waals surface area (Å²) in [5, 5.41) is 38.9. The first kappa shape index (κ1) is 20.7. The number of β-amino-alcohol motifs (C(OH)–C–C–N with tert-alkyl or cyclic N) is 1. The molecule has 0 saturated carbocycles. The molecule has 0 amide bonds. The van der Waals surface area contributed by atoms with Crippen LogP contribution in [0.4, 0.5) is 0 Å². The molecule has 0 aromatic heterocycles. The van der Waals surface area contributed by atoms with Crippen LogP contribution in [0.15, 0.2) is 24.3 Å². The van der Waals surface area contributed by atoms with E-state index in [4.69, 9.17) is 4.74 Å². The number of rotatable bonds is 7. The zero-order valence-corrected chi connectivity index (χ0v) is 15.2. The van der Waals surface area contributed by atoms with Gasteiger partial charge in [-0.2, -0.15) is 0 Å². The number of benzene rings is 1. The summed E-state index contributed by atoms with van der Waals surface area (Å²) in [6, 6.07) is 7.12. The van der Waals surface area contributed by atoms with Crippen LogP contribution >= 0.6 is 0 Å². The third kappa shape index (κ3) is 5.70. The van der Waals surface area contributed by atoms with E-state index in [0.717, 1.165) is 37.0 Å². The number of aliphatic hydroxyl groups excluding tert-OH is 4. The molecule has 4 atom stereocenters. The third-order valence-corrected chi connectivity index (χ3v) is 4.79. The third-order valence-electron chi connectivity index (χ3n) is 4.79. The molecule has 6 nitrogen and oxygen atoms in total. The largest absolute Gasteiger partial charge is 0.497 e. The maximum absolute atomic E-state index is 9.95. The highest BCUT2D eigenvalue weighted by Crippen LogP contribution is 2.19. The van der Waals surface area contributed by atoms with Crippen molar-refractivity contribution in [1.82, 2.24) is 4.90 Å². The Bertz CT molecular complexity index is 594. The molecule has 1 heterocycles. The van der Waals surface area contributed by atoms with E-state index in [0.29, 0.717) is 6.54 Å². The minimum Gasteiger partial charge on any atom is -0.497 e. The summed E-state index contributed by atoms with van der Waals surface area (Å²) in [5.74, 6) is 7.10. The Balaban J connectivity index is 1.68. The van der Waals surface area contributed by atoms with Crippen LogP contribution in [0.3, 0.4) is 0 Å². The Morgan fingerprint density at radius 1 is 1.08 bits per heavy atom. The fourth-order valence-electron chi connectivity index (χ4n) is 3.18. The highest BCUT2D eigenvalue weighted by molar-refractivity contribution is 5.38. The lowest BCUT2D eigenvalue weighted by atomic mass is 9.94. The van der Waals surface area contributed by atoms with Crippen molar-refractivity contribution in [3.63, 3.8) is 0 Å². The van der Waals surface area contributed by atoms with Gasteiger partial charge in [0.05, 0.1) is 25.9 Å². The zero-order chi connectivity index (χ0) is 18.9. The molecule has 0 unspecified atom stereocenters. The molecule has 0 bridgehead atoms. The SMILES string of the molecule is COc1ccc(C#CCCCCCN2C[C@H](O)[C@@H](O)[C@H](O)[C@H]2CO)cc1. The fourth-order valence-corrected chi connectivity index (χ4v) is 3.18. The molecule has 1 aromatic carbocycles. The van der Waals surface area contributed by atoms with Crippen LogP contribution in [0.5, 0.6) is 5.75 Å². The number of ether oxygens (including phenoxy) is 1. The van der Waals surface area contributed by atoms with Crippen LogP contribution in [0.1, 0.15) is 31.2 Å². The number of methoxy groups -OCH3 is 1. The van der Waals surface area contributed by atoms with E-state index in [1.54, 1.807) is 7.11 Å². The van der Waals surface area contributed by atoms with Crippen LogP contribution in [0.25, 0.3) is 0 Å². The molecule has 1 fully saturated rings. The van der Waals surface area contributed by atoms with Crippen molar-refractivity contribution in [2.24, 2.45) is 0 Å². The maximum Gasteiger partial charge on any atom is 0.118 e. The van der Waals surface area contributed by atoms with Gasteiger partial charge in [0.1, 0.15) is 18.0 Å². The first-order chi connectivity index (χ1) is 12.6. The smallest absolute Gasteiger partial charge is 0.118 e. The second kappa shape index (κ2) is 10.5. The quantitative estimate of drug-likeness (QED) is 0.413. The second-order valence-electron chi connectivity index (χ2n) is 6.63. The highest BCUT2D eigenvalue weighted by Gasteiger charge is 2.40. The average molecular weight is 363 g/mol. The lowest BCUT2D eigenvalue weighted by Gasteiger charge is -2.43. The number of aliphatic hydroxyl groups is 4. The van der Waals surface area contributed by atoms with Gasteiger partial charge in [-0.3, -0.25) is 4.90 Å². The monoisotopic (exact) mass is 363 g/mol. The van der Waals surface area contributed by atoms with E-state index in [2.05, 4.69) is 11.8 Å². The van der Waals surface area contributed by atoms with E-state index in [9.17, 15) is 20.4 Å². The number of hydrogen-bond acceptors (Lipinski definition) is 6. The highest BCUT2D eigenvalue weighted by atomic mass is 16.5. The summed E-state index contributed by atoms with van der Waals surface area (Å²) in [6.07, 6.45) is 0.323. The molecule has 0 aliphatic carbocycles. The van der Waals surface area contributed by atoms with Crippen LogP contribution in [0, 0.1) is 11.8 Å². The van der Waals surface area contributed by atoms with Gasteiger partial charge in [-0.25, -0.2) is 0 Å². The van der Waals surface area contributed by atoms with Crippen LogP contribution < -0.4 is 4.74 Å². The Hall–Kier alpha value is -1.62. The molecule has 1 aliphatic heterocycles. The van der Waals surface area contributed by atoms with Crippen LogP contribution in [0.2, 0.25) is 0 Å². The van der Waals surface area contributed by atoms with Crippen molar-refractivity contribution in [3.05, 3.63) is 29.8 Å². The molecular formula is C20H29NO5. The van der Waals surface area contributed by atoms with Crippen molar-refractivity contribution in [1.29, 1.82) is 0 Å². The van der Waals surface area contributed by atoms with E-state index in [1.165, 1.54) is 0 Å². The zero-order valence-electron chi connectivity index (χ0n) is 15.2. The van der Waals surface area contributed by atoms with Gasteiger partial charge < -0.3 is 25.2 Å². The maximum atomic E-state index is 9.95. The predicted octanol–water partition coefficient (Wildman–Crippen LogP) is 0.366. The van der Waals surface area contributed by atoms with Gasteiger partial charge in [-0.1, -0.05) is 18.3 Å². The molecule has 0 spiro atoms. The summed E-state index contributed by atoms with van der Waals surface area (Å²) >= 11 is 0. The number of nitrogens with zero attached hydrogens (tertiary/aromatic N) is 1. The second-order valence-corrected chi connectivity index (χ2v) is 6.63. The summed E-state index contributed by atoms with van der Waals surface area (Å²) < 4.78 is 5.11. The van der Waals surface area contributed by atoms with Crippen molar-refractivity contribution in [2.75, 3.05) is 26.8 Å². The molecule has 26 heavy (non-hydrogen) atoms. The van der Waals surface area contributed by atoms with E-state index < -0.39 is 24.4 Å². The molecule has 1 saturated heterocycles. The molecule has 1 aromatic rings. The Labute approximate surface area is 155 Å². The van der Waals surface area contributed by atoms with Gasteiger partial charge in [-0.15, -0.1) is 0 Å². The Morgan fingerprint density at radius 3 is 2.46 bits per heavy atom. The van der Waals surface area contributed by atoms with Gasteiger partial charge in [0, 0.05) is 18.5 Å². The summed E-state index contributed by atoms with van der Waals surface area (Å²) in [5.41, 5.74) is 0.964. The van der Waals surface area contributed by atoms with Crippen molar-refractivity contribution < 1.29 is 25.2 Å². The van der Waals surface area contributed by atoms with Crippen LogP contribution in [-0.2, 0) is 0 Å². The van der Waals surface area contributed by atoms with Crippen molar-refractivity contribution in [2.45, 2.75) is 50.0 Å². The van der Waals surface area contributed by atoms with Crippen LogP contribution in [-0.4, -0.2) is 76.5 Å². The van der Waals surface area contributed by atoms with Gasteiger partial charge >= 0.3 is 0 Å². The van der Waals surface area contributed by atoms with Crippen molar-refractivity contribution in [3.8, 4) is 17.6 Å².